The Morgan fingerprint density at radius 3 is 2.72 bits per heavy atom. The zero-order chi connectivity index (χ0) is 17.8. The van der Waals surface area contributed by atoms with E-state index in [9.17, 15) is 8.78 Å². The summed E-state index contributed by atoms with van der Waals surface area (Å²) in [6, 6.07) is 7.79. The molecule has 0 amide bonds. The first-order valence-corrected chi connectivity index (χ1v) is 8.34. The number of anilines is 1. The van der Waals surface area contributed by atoms with Crippen LogP contribution in [0.3, 0.4) is 0 Å². The topological polar surface area (TPSA) is 55.1 Å². The van der Waals surface area contributed by atoms with Crippen molar-refractivity contribution in [2.75, 3.05) is 5.32 Å². The van der Waals surface area contributed by atoms with Gasteiger partial charge in [-0.1, -0.05) is 17.7 Å². The number of halogens is 3. The van der Waals surface area contributed by atoms with Gasteiger partial charge in [0.2, 0.25) is 5.82 Å². The van der Waals surface area contributed by atoms with Crippen molar-refractivity contribution in [3.63, 3.8) is 0 Å². The minimum atomic E-state index is -3.11. The highest BCUT2D eigenvalue weighted by Crippen LogP contribution is 2.28. The number of nitrogens with zero attached hydrogens (tertiary/aromatic N) is 4. The summed E-state index contributed by atoms with van der Waals surface area (Å²) in [4.78, 5) is 8.06. The van der Waals surface area contributed by atoms with Gasteiger partial charge in [-0.25, -0.2) is 4.98 Å². The molecule has 0 radical (unpaired) electrons. The Hall–Kier alpha value is -2.28. The highest BCUT2D eigenvalue weighted by molar-refractivity contribution is 6.30. The predicted molar refractivity (Wildman–Crippen MR) is 91.4 cm³/mol. The van der Waals surface area contributed by atoms with Crippen molar-refractivity contribution in [1.29, 1.82) is 0 Å². The second-order valence-corrected chi connectivity index (χ2v) is 6.92. The number of hydrogen-bond donors (Lipinski definition) is 1. The Labute approximate surface area is 148 Å². The van der Waals surface area contributed by atoms with Crippen LogP contribution in [-0.4, -0.2) is 25.6 Å². The van der Waals surface area contributed by atoms with Crippen molar-refractivity contribution in [2.24, 2.45) is 0 Å². The van der Waals surface area contributed by atoms with E-state index in [0.29, 0.717) is 16.5 Å². The second-order valence-electron chi connectivity index (χ2n) is 6.48. The van der Waals surface area contributed by atoms with Gasteiger partial charge in [-0.2, -0.15) is 18.3 Å². The molecule has 1 aliphatic carbocycles. The summed E-state index contributed by atoms with van der Waals surface area (Å²) in [5.74, 6) is -2.87. The average Bonchev–Trinajstić information content (AvgIpc) is 3.09. The van der Waals surface area contributed by atoms with E-state index in [0.717, 1.165) is 19.8 Å². The smallest absolute Gasteiger partial charge is 0.305 e. The number of alkyl halides is 2. The number of fused-ring (bicyclic) bond motifs is 2. The minimum Gasteiger partial charge on any atom is -0.366 e. The van der Waals surface area contributed by atoms with Crippen LogP contribution in [-0.2, 0) is 18.8 Å². The van der Waals surface area contributed by atoms with Crippen LogP contribution in [0, 0.1) is 6.92 Å². The van der Waals surface area contributed by atoms with Gasteiger partial charge < -0.3 is 5.32 Å². The van der Waals surface area contributed by atoms with Gasteiger partial charge >= 0.3 is 5.92 Å². The molecule has 4 rings (SSSR count). The molecule has 5 nitrogen and oxygen atoms in total. The van der Waals surface area contributed by atoms with E-state index in [4.69, 9.17) is 11.6 Å². The summed E-state index contributed by atoms with van der Waals surface area (Å²) < 4.78 is 28.4. The van der Waals surface area contributed by atoms with Gasteiger partial charge in [-0.05, 0) is 43.0 Å². The minimum absolute atomic E-state index is 0.133. The van der Waals surface area contributed by atoms with E-state index in [1.165, 1.54) is 15.6 Å². The molecular weight excluding hydrogens is 348 g/mol. The molecule has 130 valence electrons. The molecule has 1 aromatic carbocycles. The van der Waals surface area contributed by atoms with Gasteiger partial charge in [0.15, 0.2) is 0 Å². The van der Waals surface area contributed by atoms with E-state index in [-0.39, 0.29) is 11.8 Å². The third-order valence-electron chi connectivity index (χ3n) is 4.29. The van der Waals surface area contributed by atoms with Crippen molar-refractivity contribution in [3.05, 3.63) is 51.9 Å². The largest absolute Gasteiger partial charge is 0.366 e. The highest BCUT2D eigenvalue weighted by atomic mass is 35.5. The highest BCUT2D eigenvalue weighted by Gasteiger charge is 2.31. The predicted octanol–water partition coefficient (Wildman–Crippen LogP) is 3.78. The quantitative estimate of drug-likeness (QED) is 0.769. The van der Waals surface area contributed by atoms with Gasteiger partial charge in [-0.15, -0.1) is 5.10 Å². The first-order chi connectivity index (χ1) is 11.8. The Morgan fingerprint density at radius 1 is 1.20 bits per heavy atom. The monoisotopic (exact) mass is 363 g/mol. The van der Waals surface area contributed by atoms with Crippen LogP contribution in [0.1, 0.15) is 29.6 Å². The van der Waals surface area contributed by atoms with Gasteiger partial charge in [0.05, 0.1) is 0 Å². The lowest BCUT2D eigenvalue weighted by atomic mass is 10.1. The van der Waals surface area contributed by atoms with Crippen molar-refractivity contribution in [2.45, 2.75) is 38.7 Å². The molecule has 0 aliphatic heterocycles. The molecule has 2 heterocycles. The molecule has 1 unspecified atom stereocenters. The maximum Gasteiger partial charge on any atom is 0.305 e. The second kappa shape index (κ2) is 5.62. The summed E-state index contributed by atoms with van der Waals surface area (Å²) in [5, 5.41) is 8.04. The lowest BCUT2D eigenvalue weighted by Gasteiger charge is -2.14. The SMILES string of the molecule is Cc1cc(NC2Cc3ccc(Cl)cc3C2)n2nc(C(C)(F)F)nc2n1. The molecule has 1 aliphatic rings. The molecule has 2 aromatic heterocycles. The fraction of sp³-hybridized carbons (Fsp3) is 0.353. The lowest BCUT2D eigenvalue weighted by molar-refractivity contribution is 0.00800. The third-order valence-corrected chi connectivity index (χ3v) is 4.52. The fourth-order valence-electron chi connectivity index (χ4n) is 3.17. The standard InChI is InChI=1S/C17H16ClF2N5/c1-9-5-14(25-16(21-9)23-15(24-25)17(2,19)20)22-13-7-10-3-4-12(18)6-11(10)8-13/h3-6,13,22H,7-8H2,1-2H3. The summed E-state index contributed by atoms with van der Waals surface area (Å²) in [6.45, 7) is 2.58. The summed E-state index contributed by atoms with van der Waals surface area (Å²) in [6.07, 6.45) is 1.64. The Balaban J connectivity index is 1.67. The Morgan fingerprint density at radius 2 is 1.96 bits per heavy atom. The number of hydrogen-bond acceptors (Lipinski definition) is 4. The van der Waals surface area contributed by atoms with E-state index in [1.807, 2.05) is 18.2 Å². The molecule has 0 spiro atoms. The zero-order valence-corrected chi connectivity index (χ0v) is 14.5. The molecule has 0 fully saturated rings. The van der Waals surface area contributed by atoms with E-state index >= 15 is 0 Å². The van der Waals surface area contributed by atoms with E-state index in [2.05, 4.69) is 20.4 Å². The number of aromatic nitrogens is 4. The van der Waals surface area contributed by atoms with Crippen molar-refractivity contribution in [1.82, 2.24) is 19.6 Å². The van der Waals surface area contributed by atoms with Crippen LogP contribution in [0.15, 0.2) is 24.3 Å². The van der Waals surface area contributed by atoms with Crippen molar-refractivity contribution >= 4 is 23.2 Å². The number of aryl methyl sites for hydroxylation is 1. The van der Waals surface area contributed by atoms with Crippen molar-refractivity contribution in [3.8, 4) is 0 Å². The van der Waals surface area contributed by atoms with Crippen LogP contribution < -0.4 is 5.32 Å². The van der Waals surface area contributed by atoms with E-state index < -0.39 is 11.7 Å². The molecule has 3 aromatic rings. The molecule has 0 saturated heterocycles. The molecule has 0 bridgehead atoms. The van der Waals surface area contributed by atoms with E-state index in [1.54, 1.807) is 13.0 Å². The van der Waals surface area contributed by atoms with Gasteiger partial charge in [0.25, 0.3) is 5.78 Å². The Bertz CT molecular complexity index is 964. The molecule has 0 saturated carbocycles. The fourth-order valence-corrected chi connectivity index (χ4v) is 3.37. The van der Waals surface area contributed by atoms with Gasteiger partial charge in [0, 0.05) is 29.7 Å². The van der Waals surface area contributed by atoms with Crippen LogP contribution in [0.25, 0.3) is 5.78 Å². The van der Waals surface area contributed by atoms with Crippen molar-refractivity contribution < 1.29 is 8.78 Å². The lowest BCUT2D eigenvalue weighted by Crippen LogP contribution is -2.22. The zero-order valence-electron chi connectivity index (χ0n) is 13.7. The van der Waals surface area contributed by atoms with Crippen LogP contribution in [0.2, 0.25) is 5.02 Å². The molecule has 25 heavy (non-hydrogen) atoms. The summed E-state index contributed by atoms with van der Waals surface area (Å²) in [7, 11) is 0. The number of benzene rings is 1. The maximum absolute atomic E-state index is 13.5. The first kappa shape index (κ1) is 16.2. The molecular formula is C17H16ClF2N5. The number of rotatable bonds is 3. The van der Waals surface area contributed by atoms with Crippen LogP contribution in [0.5, 0.6) is 0 Å². The Kier molecular flexibility index (Phi) is 3.64. The van der Waals surface area contributed by atoms with Crippen LogP contribution >= 0.6 is 11.6 Å². The third kappa shape index (κ3) is 3.04. The van der Waals surface area contributed by atoms with Gasteiger partial charge in [-0.3, -0.25) is 0 Å². The maximum atomic E-state index is 13.5. The number of nitrogens with one attached hydrogen (secondary N) is 1. The normalized spacial score (nSPS) is 17.1. The molecule has 1 N–H and O–H groups in total. The first-order valence-electron chi connectivity index (χ1n) is 7.96. The van der Waals surface area contributed by atoms with Gasteiger partial charge in [0.1, 0.15) is 5.82 Å². The summed E-state index contributed by atoms with van der Waals surface area (Å²) in [5.41, 5.74) is 3.13. The molecule has 8 heteroatoms. The summed E-state index contributed by atoms with van der Waals surface area (Å²) >= 11 is 6.05. The molecule has 1 atom stereocenters. The average molecular weight is 364 g/mol. The van der Waals surface area contributed by atoms with Crippen LogP contribution in [0.4, 0.5) is 14.6 Å².